The summed E-state index contributed by atoms with van der Waals surface area (Å²) in [7, 11) is 3.15. The smallest absolute Gasteiger partial charge is 0.271 e. The molecule has 0 atom stereocenters. The summed E-state index contributed by atoms with van der Waals surface area (Å²) in [4.78, 5) is 35.5. The van der Waals surface area contributed by atoms with Crippen LogP contribution in [-0.2, 0) is 16.1 Å². The Kier molecular flexibility index (Phi) is 11.3. The fraction of sp³-hybridized carbons (Fsp3) is 0.345. The van der Waals surface area contributed by atoms with Gasteiger partial charge in [0.2, 0.25) is 5.91 Å². The third-order valence-electron chi connectivity index (χ3n) is 6.49. The second-order valence-corrected chi connectivity index (χ2v) is 9.64. The zero-order valence-corrected chi connectivity index (χ0v) is 24.5. The van der Waals surface area contributed by atoms with Crippen molar-refractivity contribution < 1.29 is 33.3 Å². The average molecular weight is 611 g/mol. The number of hydrogen-bond donors (Lipinski definition) is 4. The Hall–Kier alpha value is -4.86. The third kappa shape index (κ3) is 8.59. The molecule has 2 aromatic heterocycles. The van der Waals surface area contributed by atoms with Crippen molar-refractivity contribution in [2.45, 2.75) is 13.0 Å². The highest BCUT2D eigenvalue weighted by Crippen LogP contribution is 2.35. The van der Waals surface area contributed by atoms with Crippen molar-refractivity contribution in [3.8, 4) is 11.5 Å². The summed E-state index contributed by atoms with van der Waals surface area (Å²) in [6, 6.07) is 8.92. The molecule has 0 bridgehead atoms. The molecule has 0 aliphatic rings. The van der Waals surface area contributed by atoms with E-state index in [9.17, 15) is 19.1 Å². The minimum Gasteiger partial charge on any atom is -0.493 e. The Balaban J connectivity index is 1.48. The predicted octanol–water partition coefficient (Wildman–Crippen LogP) is 2.16. The quantitative estimate of drug-likeness (QED) is 0.129. The molecule has 0 radical (unpaired) electrons. The molecule has 234 valence electrons. The lowest BCUT2D eigenvalue weighted by Crippen LogP contribution is -2.32. The number of methoxy groups -OCH3 is 2. The molecular formula is C29H35FN8O6. The molecule has 4 aromatic rings. The SMILES string of the molecule is COCCN(CCO)CCCOc1cc2ncnc(Nc3cn(CC(=O)Nc4cccc(F)c4)nc3C(N)=O)c2cc1OC. The number of carbonyl (C=O) groups is 2. The number of nitrogens with zero attached hydrogens (tertiary/aromatic N) is 5. The molecule has 0 spiro atoms. The van der Waals surface area contributed by atoms with Gasteiger partial charge in [-0.3, -0.25) is 19.2 Å². The molecule has 0 fully saturated rings. The number of fused-ring (bicyclic) bond motifs is 1. The highest BCUT2D eigenvalue weighted by Gasteiger charge is 2.19. The second kappa shape index (κ2) is 15.6. The van der Waals surface area contributed by atoms with E-state index in [2.05, 4.69) is 30.6 Å². The maximum atomic E-state index is 13.5. The zero-order chi connectivity index (χ0) is 31.5. The Morgan fingerprint density at radius 2 is 1.93 bits per heavy atom. The van der Waals surface area contributed by atoms with Crippen LogP contribution < -0.4 is 25.8 Å². The van der Waals surface area contributed by atoms with Gasteiger partial charge in [0.05, 0.1) is 38.1 Å². The zero-order valence-electron chi connectivity index (χ0n) is 24.5. The summed E-state index contributed by atoms with van der Waals surface area (Å²) in [6.45, 7) is 2.76. The van der Waals surface area contributed by atoms with E-state index in [1.165, 1.54) is 42.5 Å². The van der Waals surface area contributed by atoms with Gasteiger partial charge in [-0.1, -0.05) is 6.07 Å². The molecule has 0 aliphatic carbocycles. The van der Waals surface area contributed by atoms with Gasteiger partial charge in [-0.25, -0.2) is 14.4 Å². The summed E-state index contributed by atoms with van der Waals surface area (Å²) < 4.78 is 31.4. The van der Waals surface area contributed by atoms with Crippen molar-refractivity contribution in [1.82, 2.24) is 24.6 Å². The summed E-state index contributed by atoms with van der Waals surface area (Å²) in [5, 5.41) is 19.6. The maximum Gasteiger partial charge on any atom is 0.271 e. The van der Waals surface area contributed by atoms with Crippen LogP contribution in [0.4, 0.5) is 21.6 Å². The molecule has 15 heteroatoms. The molecule has 0 aliphatic heterocycles. The van der Waals surface area contributed by atoms with Gasteiger partial charge in [-0.15, -0.1) is 0 Å². The Morgan fingerprint density at radius 3 is 2.66 bits per heavy atom. The summed E-state index contributed by atoms with van der Waals surface area (Å²) >= 11 is 0. The monoisotopic (exact) mass is 610 g/mol. The van der Waals surface area contributed by atoms with Gasteiger partial charge in [-0.05, 0) is 30.7 Å². The fourth-order valence-corrected chi connectivity index (χ4v) is 4.42. The Morgan fingerprint density at radius 1 is 1.09 bits per heavy atom. The number of carbonyl (C=O) groups excluding carboxylic acids is 2. The van der Waals surface area contributed by atoms with E-state index in [1.54, 1.807) is 25.3 Å². The van der Waals surface area contributed by atoms with E-state index < -0.39 is 17.6 Å². The van der Waals surface area contributed by atoms with Crippen molar-refractivity contribution in [2.24, 2.45) is 5.73 Å². The summed E-state index contributed by atoms with van der Waals surface area (Å²) in [6.07, 6.45) is 3.51. The number of aliphatic hydroxyl groups is 1. The van der Waals surface area contributed by atoms with Gasteiger partial charge in [0, 0.05) is 50.1 Å². The van der Waals surface area contributed by atoms with E-state index in [4.69, 9.17) is 19.9 Å². The van der Waals surface area contributed by atoms with E-state index in [0.29, 0.717) is 60.9 Å². The minimum absolute atomic E-state index is 0.0623. The second-order valence-electron chi connectivity index (χ2n) is 9.64. The van der Waals surface area contributed by atoms with Gasteiger partial charge in [-0.2, -0.15) is 5.10 Å². The number of benzene rings is 2. The first-order valence-corrected chi connectivity index (χ1v) is 13.8. The highest BCUT2D eigenvalue weighted by molar-refractivity contribution is 5.99. The van der Waals surface area contributed by atoms with Crippen molar-refractivity contribution in [3.05, 3.63) is 60.4 Å². The molecule has 14 nitrogen and oxygen atoms in total. The average Bonchev–Trinajstić information content (AvgIpc) is 3.39. The standard InChI is InChI=1S/C29H35FN8O6/c1-42-12-9-37(8-10-39)7-4-11-44-25-15-22-21(14-24(25)43-2)29(33-18-32-22)35-23-16-38(36-27(23)28(31)41)17-26(40)34-20-6-3-5-19(30)13-20/h3,5-6,13-16,18,39H,4,7-12,17H2,1-2H3,(H2,31,41)(H,34,40)(H,32,33,35). The largest absolute Gasteiger partial charge is 0.493 e. The lowest BCUT2D eigenvalue weighted by Gasteiger charge is -2.21. The molecule has 4 rings (SSSR count). The number of aliphatic hydroxyl groups excluding tert-OH is 1. The van der Waals surface area contributed by atoms with E-state index in [-0.39, 0.29) is 30.2 Å². The molecule has 44 heavy (non-hydrogen) atoms. The fourth-order valence-electron chi connectivity index (χ4n) is 4.42. The number of nitrogens with two attached hydrogens (primary N) is 1. The van der Waals surface area contributed by atoms with Crippen molar-refractivity contribution in [2.75, 3.05) is 64.3 Å². The topological polar surface area (TPSA) is 179 Å². The Bertz CT molecular complexity index is 1580. The van der Waals surface area contributed by atoms with Crippen LogP contribution in [0.2, 0.25) is 0 Å². The summed E-state index contributed by atoms with van der Waals surface area (Å²) in [5.74, 6) is -0.517. The minimum atomic E-state index is -0.816. The Labute approximate surface area is 252 Å². The molecule has 0 saturated heterocycles. The van der Waals surface area contributed by atoms with Crippen LogP contribution in [0.3, 0.4) is 0 Å². The van der Waals surface area contributed by atoms with Gasteiger partial charge < -0.3 is 35.7 Å². The van der Waals surface area contributed by atoms with Crippen molar-refractivity contribution >= 4 is 39.9 Å². The summed E-state index contributed by atoms with van der Waals surface area (Å²) in [5.41, 5.74) is 6.50. The number of primary amides is 1. The van der Waals surface area contributed by atoms with Crippen LogP contribution in [-0.4, -0.2) is 95.2 Å². The number of anilines is 3. The molecule has 0 saturated carbocycles. The number of hydrogen-bond acceptors (Lipinski definition) is 11. The van der Waals surface area contributed by atoms with Crippen molar-refractivity contribution in [3.63, 3.8) is 0 Å². The van der Waals surface area contributed by atoms with Crippen LogP contribution in [0.15, 0.2) is 48.9 Å². The molecule has 5 N–H and O–H groups in total. The van der Waals surface area contributed by atoms with Crippen molar-refractivity contribution in [1.29, 1.82) is 0 Å². The van der Waals surface area contributed by atoms with Gasteiger partial charge in [0.25, 0.3) is 5.91 Å². The number of aromatic nitrogens is 4. The van der Waals surface area contributed by atoms with Gasteiger partial charge in [0.15, 0.2) is 17.2 Å². The first kappa shape index (κ1) is 32.1. The highest BCUT2D eigenvalue weighted by atomic mass is 19.1. The first-order valence-electron chi connectivity index (χ1n) is 13.8. The van der Waals surface area contributed by atoms with Crippen LogP contribution in [0.25, 0.3) is 10.9 Å². The molecular weight excluding hydrogens is 575 g/mol. The number of nitrogens with one attached hydrogen (secondary N) is 2. The van der Waals surface area contributed by atoms with Crippen LogP contribution in [0.5, 0.6) is 11.5 Å². The lowest BCUT2D eigenvalue weighted by molar-refractivity contribution is -0.116. The van der Waals surface area contributed by atoms with E-state index >= 15 is 0 Å². The lowest BCUT2D eigenvalue weighted by atomic mass is 10.2. The van der Waals surface area contributed by atoms with E-state index in [0.717, 1.165) is 6.54 Å². The van der Waals surface area contributed by atoms with Crippen LogP contribution >= 0.6 is 0 Å². The van der Waals surface area contributed by atoms with E-state index in [1.807, 2.05) is 0 Å². The van der Waals surface area contributed by atoms with Gasteiger partial charge >= 0.3 is 0 Å². The molecule has 2 heterocycles. The van der Waals surface area contributed by atoms with Crippen LogP contribution in [0.1, 0.15) is 16.9 Å². The number of amides is 2. The van der Waals surface area contributed by atoms with Gasteiger partial charge in [0.1, 0.15) is 24.5 Å². The molecule has 2 aromatic carbocycles. The number of rotatable bonds is 17. The number of ether oxygens (including phenoxy) is 3. The molecule has 0 unspecified atom stereocenters. The maximum absolute atomic E-state index is 13.5. The first-order chi connectivity index (χ1) is 21.3. The number of halogens is 1. The van der Waals surface area contributed by atoms with Crippen LogP contribution in [0, 0.1) is 5.82 Å². The normalized spacial score (nSPS) is 11.1. The predicted molar refractivity (Wildman–Crippen MR) is 161 cm³/mol. The third-order valence-corrected chi connectivity index (χ3v) is 6.49. The molecule has 2 amide bonds.